The molecule has 4 aromatic carbocycles. The Labute approximate surface area is 251 Å². The number of aryl methyl sites for hydroxylation is 2. The van der Waals surface area contributed by atoms with Crippen molar-refractivity contribution in [3.8, 4) is 11.4 Å². The van der Waals surface area contributed by atoms with E-state index >= 15 is 0 Å². The Morgan fingerprint density at radius 1 is 0.860 bits per heavy atom. The number of nitrogens with zero attached hydrogens (tertiary/aromatic N) is 3. The Hall–Kier alpha value is -4.70. The highest BCUT2D eigenvalue weighted by Gasteiger charge is 2.23. The lowest BCUT2D eigenvalue weighted by atomic mass is 9.97. The number of fused-ring (bicyclic) bond motifs is 1. The number of sulfonamides is 1. The van der Waals surface area contributed by atoms with Crippen LogP contribution in [0.25, 0.3) is 16.5 Å². The molecule has 222 valence electrons. The number of para-hydroxylation sites is 1. The molecular formula is C33H35N5O4S. The van der Waals surface area contributed by atoms with E-state index in [1.165, 1.54) is 10.7 Å². The van der Waals surface area contributed by atoms with E-state index in [0.717, 1.165) is 43.2 Å². The fourth-order valence-corrected chi connectivity index (χ4v) is 6.56. The topological polar surface area (TPSA) is 129 Å². The first-order valence-electron chi connectivity index (χ1n) is 14.4. The molecule has 0 radical (unpaired) electrons. The third-order valence-corrected chi connectivity index (χ3v) is 8.77. The summed E-state index contributed by atoms with van der Waals surface area (Å²) >= 11 is 0. The summed E-state index contributed by atoms with van der Waals surface area (Å²) in [5.41, 5.74) is 3.55. The van der Waals surface area contributed by atoms with E-state index in [1.807, 2.05) is 24.3 Å². The zero-order chi connectivity index (χ0) is 30.6. The lowest BCUT2D eigenvalue weighted by Crippen LogP contribution is -2.15. The van der Waals surface area contributed by atoms with E-state index < -0.39 is 15.6 Å². The van der Waals surface area contributed by atoms with Gasteiger partial charge in [0.2, 0.25) is 0 Å². The first-order valence-corrected chi connectivity index (χ1v) is 15.9. The van der Waals surface area contributed by atoms with Crippen molar-refractivity contribution in [2.24, 2.45) is 10.2 Å². The van der Waals surface area contributed by atoms with Crippen molar-refractivity contribution >= 4 is 37.9 Å². The highest BCUT2D eigenvalue weighted by Crippen LogP contribution is 2.40. The van der Waals surface area contributed by atoms with Crippen LogP contribution < -0.4 is 10.3 Å². The first-order chi connectivity index (χ1) is 20.7. The normalized spacial score (nSPS) is 11.9. The summed E-state index contributed by atoms with van der Waals surface area (Å²) in [5, 5.41) is 23.3. The number of phenols is 1. The average Bonchev–Trinajstić information content (AvgIpc) is 3.29. The number of anilines is 1. The van der Waals surface area contributed by atoms with Crippen LogP contribution in [0.2, 0.25) is 0 Å². The van der Waals surface area contributed by atoms with Gasteiger partial charge < -0.3 is 5.11 Å². The molecule has 3 N–H and O–H groups in total. The van der Waals surface area contributed by atoms with Gasteiger partial charge in [-0.1, -0.05) is 81.3 Å². The van der Waals surface area contributed by atoms with Crippen molar-refractivity contribution in [3.63, 3.8) is 0 Å². The number of benzene rings is 4. The maximum Gasteiger partial charge on any atom is 0.299 e. The number of phenolic OH excluding ortho intramolecular Hbond substituents is 1. The number of H-pyrrole nitrogens is 1. The van der Waals surface area contributed by atoms with E-state index in [1.54, 1.807) is 49.4 Å². The van der Waals surface area contributed by atoms with Crippen molar-refractivity contribution in [3.05, 3.63) is 106 Å². The quantitative estimate of drug-likeness (QED) is 0.134. The minimum atomic E-state index is -4.11. The maximum absolute atomic E-state index is 13.8. The molecule has 0 amide bonds. The van der Waals surface area contributed by atoms with Gasteiger partial charge in [-0.3, -0.25) is 14.6 Å². The van der Waals surface area contributed by atoms with Crippen LogP contribution >= 0.6 is 0 Å². The fraction of sp³-hybridized carbons (Fsp3) is 0.242. The standard InChI is InChI=1S/C33H35N5O4S/c1-4-6-14-23-15-12-20-28(25(23)13-5-2)37-43(41,42)30-21-29(39)32(27-19-11-10-18-26(27)30)35-34-31-22(3)36-38(33(31)40)24-16-8-7-9-17-24/h7-12,15-21,36-37,39H,4-6,13-14H2,1-3H3. The molecule has 1 aromatic heterocycles. The first kappa shape index (κ1) is 29.8. The van der Waals surface area contributed by atoms with E-state index in [4.69, 9.17) is 0 Å². The molecule has 0 saturated heterocycles. The van der Waals surface area contributed by atoms with Gasteiger partial charge in [0.25, 0.3) is 15.6 Å². The molecule has 0 bridgehead atoms. The Bertz CT molecular complexity index is 1960. The number of unbranched alkanes of at least 4 members (excludes halogenated alkanes) is 1. The van der Waals surface area contributed by atoms with Gasteiger partial charge in [0.15, 0.2) is 5.69 Å². The van der Waals surface area contributed by atoms with E-state index in [-0.39, 0.29) is 22.0 Å². The monoisotopic (exact) mass is 597 g/mol. The maximum atomic E-state index is 13.8. The molecule has 0 unspecified atom stereocenters. The van der Waals surface area contributed by atoms with Gasteiger partial charge in [0.1, 0.15) is 11.4 Å². The molecule has 9 nitrogen and oxygen atoms in total. The summed E-state index contributed by atoms with van der Waals surface area (Å²) in [6.07, 6.45) is 4.56. The van der Waals surface area contributed by atoms with E-state index in [0.29, 0.717) is 27.8 Å². The summed E-state index contributed by atoms with van der Waals surface area (Å²) in [5.74, 6) is -0.370. The molecule has 10 heteroatoms. The van der Waals surface area contributed by atoms with Crippen molar-refractivity contribution < 1.29 is 13.5 Å². The van der Waals surface area contributed by atoms with E-state index in [2.05, 4.69) is 40.0 Å². The smallest absolute Gasteiger partial charge is 0.299 e. The second-order valence-electron chi connectivity index (χ2n) is 10.5. The number of rotatable bonds is 11. The van der Waals surface area contributed by atoms with Gasteiger partial charge in [0, 0.05) is 16.8 Å². The highest BCUT2D eigenvalue weighted by atomic mass is 32.2. The summed E-state index contributed by atoms with van der Waals surface area (Å²) in [6, 6.07) is 22.8. The largest absolute Gasteiger partial charge is 0.506 e. The number of azo groups is 1. The van der Waals surface area contributed by atoms with Gasteiger partial charge >= 0.3 is 0 Å². The van der Waals surface area contributed by atoms with Gasteiger partial charge in [0.05, 0.1) is 22.0 Å². The van der Waals surface area contributed by atoms with Crippen molar-refractivity contribution in [2.45, 2.75) is 57.8 Å². The lowest BCUT2D eigenvalue weighted by molar-refractivity contribution is 0.475. The van der Waals surface area contributed by atoms with E-state index in [9.17, 15) is 18.3 Å². The average molecular weight is 598 g/mol. The zero-order valence-corrected chi connectivity index (χ0v) is 25.3. The molecule has 0 fully saturated rings. The van der Waals surface area contributed by atoms with Crippen LogP contribution in [0.15, 0.2) is 98.8 Å². The third kappa shape index (κ3) is 6.10. The van der Waals surface area contributed by atoms with Gasteiger partial charge in [-0.25, -0.2) is 13.1 Å². The number of hydrogen-bond donors (Lipinski definition) is 3. The van der Waals surface area contributed by atoms with Crippen LogP contribution in [-0.4, -0.2) is 23.3 Å². The Morgan fingerprint density at radius 2 is 1.56 bits per heavy atom. The molecule has 0 aliphatic heterocycles. The molecule has 5 rings (SSSR count). The number of aromatic nitrogens is 2. The van der Waals surface area contributed by atoms with Crippen molar-refractivity contribution in [1.29, 1.82) is 0 Å². The van der Waals surface area contributed by atoms with Gasteiger partial charge in [-0.2, -0.15) is 0 Å². The SMILES string of the molecule is CCCCc1cccc(NS(=O)(=O)c2cc(O)c(N=Nc3c(C)[nH]n(-c4ccccc4)c3=O)c3ccccc23)c1CCC. The van der Waals surface area contributed by atoms with Crippen molar-refractivity contribution in [2.75, 3.05) is 4.72 Å². The summed E-state index contributed by atoms with van der Waals surface area (Å²) < 4.78 is 31.8. The molecule has 43 heavy (non-hydrogen) atoms. The van der Waals surface area contributed by atoms with Crippen LogP contribution in [0.4, 0.5) is 17.1 Å². The predicted octanol–water partition coefficient (Wildman–Crippen LogP) is 7.84. The molecular weight excluding hydrogens is 562 g/mol. The molecule has 0 aliphatic carbocycles. The second kappa shape index (κ2) is 12.7. The molecule has 0 saturated carbocycles. The summed E-state index contributed by atoms with van der Waals surface area (Å²) in [4.78, 5) is 13.0. The Morgan fingerprint density at radius 3 is 2.28 bits per heavy atom. The summed E-state index contributed by atoms with van der Waals surface area (Å²) in [7, 11) is -4.11. The van der Waals surface area contributed by atoms with Crippen LogP contribution in [0.5, 0.6) is 5.75 Å². The summed E-state index contributed by atoms with van der Waals surface area (Å²) in [6.45, 7) is 5.91. The van der Waals surface area contributed by atoms with Crippen molar-refractivity contribution in [1.82, 2.24) is 9.78 Å². The van der Waals surface area contributed by atoms with Crippen LogP contribution in [0.1, 0.15) is 49.9 Å². The number of aromatic hydroxyl groups is 1. The highest BCUT2D eigenvalue weighted by molar-refractivity contribution is 7.93. The fourth-order valence-electron chi connectivity index (χ4n) is 5.23. The van der Waals surface area contributed by atoms with Crippen LogP contribution in [0.3, 0.4) is 0 Å². The number of aromatic amines is 1. The predicted molar refractivity (Wildman–Crippen MR) is 171 cm³/mol. The number of nitrogens with one attached hydrogen (secondary N) is 2. The molecule has 5 aromatic rings. The minimum absolute atomic E-state index is 0.0639. The third-order valence-electron chi connectivity index (χ3n) is 7.37. The molecule has 0 spiro atoms. The number of hydrogen-bond acceptors (Lipinski definition) is 6. The second-order valence-corrected chi connectivity index (χ2v) is 12.1. The zero-order valence-electron chi connectivity index (χ0n) is 24.5. The lowest BCUT2D eigenvalue weighted by Gasteiger charge is -2.17. The molecule has 0 aliphatic rings. The molecule has 0 atom stereocenters. The minimum Gasteiger partial charge on any atom is -0.506 e. The van der Waals surface area contributed by atoms with Gasteiger partial charge in [-0.05, 0) is 55.5 Å². The Balaban J connectivity index is 1.55. The van der Waals surface area contributed by atoms with Crippen LogP contribution in [0, 0.1) is 6.92 Å². The van der Waals surface area contributed by atoms with Crippen LogP contribution in [-0.2, 0) is 22.9 Å². The Kier molecular flexibility index (Phi) is 8.77. The van der Waals surface area contributed by atoms with Gasteiger partial charge in [-0.15, -0.1) is 10.2 Å². The molecule has 1 heterocycles.